The summed E-state index contributed by atoms with van der Waals surface area (Å²) in [5, 5.41) is 20.8. The van der Waals surface area contributed by atoms with Gasteiger partial charge in [-0.1, -0.05) is 65.2 Å². The van der Waals surface area contributed by atoms with Crippen molar-refractivity contribution in [2.45, 2.75) is 18.8 Å². The van der Waals surface area contributed by atoms with Crippen LogP contribution in [0.15, 0.2) is 42.5 Å². The minimum absolute atomic E-state index is 0.171. The fraction of sp³-hybridized carbons (Fsp3) is 0.294. The quantitative estimate of drug-likeness (QED) is 0.879. The molecule has 0 unspecified atom stereocenters. The van der Waals surface area contributed by atoms with Crippen molar-refractivity contribution >= 4 is 23.2 Å². The van der Waals surface area contributed by atoms with Crippen molar-refractivity contribution < 1.29 is 10.2 Å². The Labute approximate surface area is 135 Å². The second-order valence-electron chi connectivity index (χ2n) is 5.36. The number of aryl methyl sites for hydroxylation is 1. The first-order valence-corrected chi connectivity index (χ1v) is 7.50. The third kappa shape index (κ3) is 3.41. The standard InChI is InChI=1S/C17H18Cl2O2/c1-12-4-2-6-14(8-12)17(10-20,11-21)9-13-5-3-7-15(18)16(13)19/h2-8,20-21H,9-11H2,1H3. The number of hydrogen-bond acceptors (Lipinski definition) is 2. The van der Waals surface area contributed by atoms with Crippen molar-refractivity contribution in [2.24, 2.45) is 0 Å². The van der Waals surface area contributed by atoms with Gasteiger partial charge in [0.1, 0.15) is 0 Å². The average molecular weight is 325 g/mol. The van der Waals surface area contributed by atoms with Gasteiger partial charge < -0.3 is 10.2 Å². The molecule has 0 saturated carbocycles. The third-order valence-corrected chi connectivity index (χ3v) is 4.65. The zero-order valence-corrected chi connectivity index (χ0v) is 13.3. The van der Waals surface area contributed by atoms with Gasteiger partial charge in [0.2, 0.25) is 0 Å². The molecule has 0 saturated heterocycles. The lowest BCUT2D eigenvalue weighted by atomic mass is 9.76. The van der Waals surface area contributed by atoms with Crippen LogP contribution in [0.2, 0.25) is 10.0 Å². The third-order valence-electron chi connectivity index (χ3n) is 3.80. The maximum absolute atomic E-state index is 9.91. The van der Waals surface area contributed by atoms with Gasteiger partial charge in [0.15, 0.2) is 0 Å². The van der Waals surface area contributed by atoms with Gasteiger partial charge in [0.25, 0.3) is 0 Å². The summed E-state index contributed by atoms with van der Waals surface area (Å²) in [5.74, 6) is 0. The summed E-state index contributed by atoms with van der Waals surface area (Å²) in [5.41, 5.74) is 2.01. The van der Waals surface area contributed by atoms with Crippen LogP contribution in [0.5, 0.6) is 0 Å². The molecule has 0 aromatic heterocycles. The number of rotatable bonds is 5. The SMILES string of the molecule is Cc1cccc(C(CO)(CO)Cc2cccc(Cl)c2Cl)c1. The van der Waals surface area contributed by atoms with Crippen LogP contribution in [0.1, 0.15) is 16.7 Å². The molecule has 0 heterocycles. The fourth-order valence-corrected chi connectivity index (χ4v) is 2.86. The summed E-state index contributed by atoms with van der Waals surface area (Å²) in [4.78, 5) is 0. The Morgan fingerprint density at radius 3 is 2.29 bits per heavy atom. The summed E-state index contributed by atoms with van der Waals surface area (Å²) < 4.78 is 0. The minimum atomic E-state index is -0.777. The maximum Gasteiger partial charge on any atom is 0.0624 e. The van der Waals surface area contributed by atoms with Crippen LogP contribution in [0.25, 0.3) is 0 Å². The highest BCUT2D eigenvalue weighted by molar-refractivity contribution is 6.42. The molecular weight excluding hydrogens is 307 g/mol. The van der Waals surface area contributed by atoms with Crippen LogP contribution in [-0.4, -0.2) is 23.4 Å². The van der Waals surface area contributed by atoms with Crippen LogP contribution < -0.4 is 0 Å². The van der Waals surface area contributed by atoms with E-state index in [1.165, 1.54) is 0 Å². The van der Waals surface area contributed by atoms with Crippen LogP contribution in [0.4, 0.5) is 0 Å². The maximum atomic E-state index is 9.91. The van der Waals surface area contributed by atoms with Crippen molar-refractivity contribution in [3.63, 3.8) is 0 Å². The number of benzene rings is 2. The van der Waals surface area contributed by atoms with Gasteiger partial charge in [-0.25, -0.2) is 0 Å². The van der Waals surface area contributed by atoms with Crippen molar-refractivity contribution in [3.8, 4) is 0 Å². The van der Waals surface area contributed by atoms with Gasteiger partial charge in [-0.05, 0) is 30.5 Å². The van der Waals surface area contributed by atoms with Crippen molar-refractivity contribution in [1.29, 1.82) is 0 Å². The number of hydrogen-bond donors (Lipinski definition) is 2. The molecule has 0 fully saturated rings. The largest absolute Gasteiger partial charge is 0.395 e. The van der Waals surface area contributed by atoms with E-state index < -0.39 is 5.41 Å². The smallest absolute Gasteiger partial charge is 0.0624 e. The zero-order chi connectivity index (χ0) is 15.5. The summed E-state index contributed by atoms with van der Waals surface area (Å²) in [6.07, 6.45) is 0.419. The van der Waals surface area contributed by atoms with E-state index in [1.54, 1.807) is 6.07 Å². The molecule has 0 aliphatic carbocycles. The molecule has 21 heavy (non-hydrogen) atoms. The number of aliphatic hydroxyl groups is 2. The van der Waals surface area contributed by atoms with E-state index in [4.69, 9.17) is 23.2 Å². The van der Waals surface area contributed by atoms with Crippen LogP contribution in [0.3, 0.4) is 0 Å². The van der Waals surface area contributed by atoms with Gasteiger partial charge >= 0.3 is 0 Å². The van der Waals surface area contributed by atoms with Gasteiger partial charge in [-0.2, -0.15) is 0 Å². The van der Waals surface area contributed by atoms with Gasteiger partial charge in [-0.15, -0.1) is 0 Å². The van der Waals surface area contributed by atoms with E-state index in [9.17, 15) is 10.2 Å². The summed E-state index contributed by atoms with van der Waals surface area (Å²) in [6, 6.07) is 13.2. The molecule has 0 bridgehead atoms. The minimum Gasteiger partial charge on any atom is -0.395 e. The molecule has 2 aromatic rings. The lowest BCUT2D eigenvalue weighted by Gasteiger charge is -2.31. The Morgan fingerprint density at radius 2 is 1.67 bits per heavy atom. The predicted molar refractivity (Wildman–Crippen MR) is 87.2 cm³/mol. The van der Waals surface area contributed by atoms with E-state index >= 15 is 0 Å². The highest BCUT2D eigenvalue weighted by Gasteiger charge is 2.32. The van der Waals surface area contributed by atoms with E-state index in [2.05, 4.69) is 0 Å². The average Bonchev–Trinajstić information content (AvgIpc) is 2.49. The van der Waals surface area contributed by atoms with Gasteiger partial charge in [0, 0.05) is 5.41 Å². The fourth-order valence-electron chi connectivity index (χ4n) is 2.47. The molecule has 0 amide bonds. The highest BCUT2D eigenvalue weighted by atomic mass is 35.5. The van der Waals surface area contributed by atoms with Crippen molar-refractivity contribution in [1.82, 2.24) is 0 Å². The number of halogens is 2. The van der Waals surface area contributed by atoms with Gasteiger partial charge in [-0.3, -0.25) is 0 Å². The van der Waals surface area contributed by atoms with Crippen molar-refractivity contribution in [2.75, 3.05) is 13.2 Å². The molecule has 2 nitrogen and oxygen atoms in total. The normalized spacial score (nSPS) is 11.7. The van der Waals surface area contributed by atoms with Crippen LogP contribution >= 0.6 is 23.2 Å². The Kier molecular flexibility index (Phi) is 5.28. The molecule has 2 rings (SSSR count). The summed E-state index contributed by atoms with van der Waals surface area (Å²) in [6.45, 7) is 1.64. The molecule has 2 N–H and O–H groups in total. The second-order valence-corrected chi connectivity index (χ2v) is 6.14. The molecule has 0 aliphatic heterocycles. The van der Waals surface area contributed by atoms with E-state index in [0.29, 0.717) is 16.5 Å². The molecule has 112 valence electrons. The van der Waals surface area contributed by atoms with Crippen molar-refractivity contribution in [3.05, 3.63) is 69.2 Å². The first kappa shape index (κ1) is 16.3. The Hall–Kier alpha value is -1.06. The van der Waals surface area contributed by atoms with Gasteiger partial charge in [0.05, 0.1) is 23.3 Å². The van der Waals surface area contributed by atoms with Crippen LogP contribution in [0, 0.1) is 6.92 Å². The lowest BCUT2D eigenvalue weighted by Crippen LogP contribution is -2.37. The Balaban J connectivity index is 2.45. The molecule has 0 spiro atoms. The molecule has 0 atom stereocenters. The topological polar surface area (TPSA) is 40.5 Å². The molecule has 4 heteroatoms. The second kappa shape index (κ2) is 6.80. The number of aliphatic hydroxyl groups excluding tert-OH is 2. The zero-order valence-electron chi connectivity index (χ0n) is 11.8. The summed E-state index contributed by atoms with van der Waals surface area (Å²) in [7, 11) is 0. The Morgan fingerprint density at radius 1 is 1.00 bits per heavy atom. The molecular formula is C17H18Cl2O2. The molecule has 0 radical (unpaired) electrons. The first-order chi connectivity index (χ1) is 10.0. The van der Waals surface area contributed by atoms with E-state index in [-0.39, 0.29) is 13.2 Å². The Bertz CT molecular complexity index is 622. The van der Waals surface area contributed by atoms with Crippen LogP contribution in [-0.2, 0) is 11.8 Å². The highest BCUT2D eigenvalue weighted by Crippen LogP contribution is 2.33. The predicted octanol–water partition coefficient (Wildman–Crippen LogP) is 3.77. The first-order valence-electron chi connectivity index (χ1n) is 6.74. The van der Waals surface area contributed by atoms with E-state index in [0.717, 1.165) is 16.7 Å². The monoisotopic (exact) mass is 324 g/mol. The molecule has 2 aromatic carbocycles. The van der Waals surface area contributed by atoms with E-state index in [1.807, 2.05) is 43.3 Å². The summed E-state index contributed by atoms with van der Waals surface area (Å²) >= 11 is 12.3. The molecule has 0 aliphatic rings. The lowest BCUT2D eigenvalue weighted by molar-refractivity contribution is 0.116.